The quantitative estimate of drug-likeness (QED) is 0.682. The number of rotatable bonds is 3. The van der Waals surface area contributed by atoms with E-state index in [0.29, 0.717) is 0 Å². The van der Waals surface area contributed by atoms with Gasteiger partial charge in [-0.05, 0) is 30.4 Å². The molecule has 0 saturated heterocycles. The number of benzene rings is 1. The van der Waals surface area contributed by atoms with Crippen LogP contribution in [0.2, 0.25) is 5.02 Å². The van der Waals surface area contributed by atoms with E-state index in [1.165, 1.54) is 11.5 Å². The van der Waals surface area contributed by atoms with Gasteiger partial charge < -0.3 is 0 Å². The molecular weight excluding hydrogens is 180 g/mol. The van der Waals surface area contributed by atoms with Crippen LogP contribution in [0.25, 0.3) is 0 Å². The van der Waals surface area contributed by atoms with Crippen molar-refractivity contribution < 1.29 is 0 Å². The van der Waals surface area contributed by atoms with Crippen LogP contribution in [0.1, 0.15) is 18.1 Å². The minimum atomic E-state index is 0.878. The molecule has 0 heterocycles. The summed E-state index contributed by atoms with van der Waals surface area (Å²) in [5.74, 6) is 1.24. The van der Waals surface area contributed by atoms with Gasteiger partial charge in [-0.2, -0.15) is 0 Å². The summed E-state index contributed by atoms with van der Waals surface area (Å²) in [5.41, 5.74) is 2.31. The Hall–Kier alpha value is -0.750. The number of halogens is 1. The van der Waals surface area contributed by atoms with E-state index in [0.717, 1.165) is 17.0 Å². The van der Waals surface area contributed by atoms with E-state index in [1.807, 2.05) is 25.1 Å². The average molecular weight is 194 g/mol. The van der Waals surface area contributed by atoms with E-state index in [9.17, 15) is 0 Å². The summed E-state index contributed by atoms with van der Waals surface area (Å²) < 4.78 is 0. The SMILES string of the molecule is C=C[C](C)Cc1cccc(C)c1Cl. The van der Waals surface area contributed by atoms with Gasteiger partial charge in [0.15, 0.2) is 0 Å². The first kappa shape index (κ1) is 10.3. The van der Waals surface area contributed by atoms with Crippen molar-refractivity contribution >= 4 is 11.6 Å². The first-order valence-corrected chi connectivity index (χ1v) is 4.71. The van der Waals surface area contributed by atoms with Crippen molar-refractivity contribution in [3.05, 3.63) is 52.9 Å². The smallest absolute Gasteiger partial charge is 0.0467 e. The van der Waals surface area contributed by atoms with E-state index in [1.54, 1.807) is 0 Å². The molecule has 69 valence electrons. The second-order valence-electron chi connectivity index (χ2n) is 3.28. The molecule has 0 amide bonds. The highest BCUT2D eigenvalue weighted by molar-refractivity contribution is 6.32. The van der Waals surface area contributed by atoms with Gasteiger partial charge in [-0.1, -0.05) is 42.8 Å². The van der Waals surface area contributed by atoms with E-state index < -0.39 is 0 Å². The zero-order valence-corrected chi connectivity index (χ0v) is 8.86. The summed E-state index contributed by atoms with van der Waals surface area (Å²) >= 11 is 6.15. The molecule has 0 unspecified atom stereocenters. The summed E-state index contributed by atoms with van der Waals surface area (Å²) in [6, 6.07) is 6.12. The Balaban J connectivity index is 2.88. The highest BCUT2D eigenvalue weighted by Gasteiger charge is 2.05. The minimum absolute atomic E-state index is 0.878. The Morgan fingerprint density at radius 3 is 2.85 bits per heavy atom. The summed E-state index contributed by atoms with van der Waals surface area (Å²) in [7, 11) is 0. The molecular formula is C12H14Cl. The molecule has 0 nitrogen and oxygen atoms in total. The zero-order chi connectivity index (χ0) is 9.84. The van der Waals surface area contributed by atoms with Gasteiger partial charge >= 0.3 is 0 Å². The van der Waals surface area contributed by atoms with Crippen molar-refractivity contribution in [3.63, 3.8) is 0 Å². The predicted octanol–water partition coefficient (Wildman–Crippen LogP) is 3.97. The van der Waals surface area contributed by atoms with Gasteiger partial charge in [-0.3, -0.25) is 0 Å². The lowest BCUT2D eigenvalue weighted by Crippen LogP contribution is -1.95. The van der Waals surface area contributed by atoms with Crippen LogP contribution in [0, 0.1) is 12.8 Å². The van der Waals surface area contributed by atoms with E-state index in [4.69, 9.17) is 11.6 Å². The average Bonchev–Trinajstić information content (AvgIpc) is 2.13. The van der Waals surface area contributed by atoms with Gasteiger partial charge in [0.2, 0.25) is 0 Å². The minimum Gasteiger partial charge on any atom is -0.102 e. The third-order valence-electron chi connectivity index (χ3n) is 2.09. The highest BCUT2D eigenvalue weighted by atomic mass is 35.5. The van der Waals surface area contributed by atoms with Crippen LogP contribution in [0.5, 0.6) is 0 Å². The number of hydrogen-bond acceptors (Lipinski definition) is 0. The van der Waals surface area contributed by atoms with Crippen LogP contribution < -0.4 is 0 Å². The van der Waals surface area contributed by atoms with Crippen LogP contribution in [0.4, 0.5) is 0 Å². The topological polar surface area (TPSA) is 0 Å². The Labute approximate surface area is 85.2 Å². The Kier molecular flexibility index (Phi) is 3.56. The van der Waals surface area contributed by atoms with Crippen molar-refractivity contribution in [1.82, 2.24) is 0 Å². The molecule has 1 aromatic carbocycles. The first-order valence-electron chi connectivity index (χ1n) is 4.34. The molecule has 0 atom stereocenters. The molecule has 0 saturated carbocycles. The summed E-state index contributed by atoms with van der Waals surface area (Å²) in [6.45, 7) is 7.81. The molecule has 0 N–H and O–H groups in total. The fraction of sp³-hybridized carbons (Fsp3) is 0.250. The lowest BCUT2D eigenvalue weighted by Gasteiger charge is -2.08. The zero-order valence-electron chi connectivity index (χ0n) is 8.10. The number of aryl methyl sites for hydroxylation is 1. The molecule has 0 fully saturated rings. The molecule has 0 aliphatic heterocycles. The van der Waals surface area contributed by atoms with Crippen LogP contribution in [0.3, 0.4) is 0 Å². The Bertz CT molecular complexity index is 302. The Morgan fingerprint density at radius 2 is 2.23 bits per heavy atom. The van der Waals surface area contributed by atoms with Gasteiger partial charge in [0, 0.05) is 5.02 Å². The molecule has 0 aliphatic carbocycles. The maximum atomic E-state index is 6.15. The van der Waals surface area contributed by atoms with Gasteiger partial charge in [0.1, 0.15) is 0 Å². The van der Waals surface area contributed by atoms with Crippen molar-refractivity contribution in [2.45, 2.75) is 20.3 Å². The maximum Gasteiger partial charge on any atom is 0.0467 e. The second-order valence-corrected chi connectivity index (χ2v) is 3.65. The highest BCUT2D eigenvalue weighted by Crippen LogP contribution is 2.23. The van der Waals surface area contributed by atoms with Crippen molar-refractivity contribution in [3.8, 4) is 0 Å². The normalized spacial score (nSPS) is 10.5. The summed E-state index contributed by atoms with van der Waals surface area (Å²) in [5, 5.41) is 0.878. The molecule has 1 aromatic rings. The van der Waals surface area contributed by atoms with Crippen LogP contribution in [-0.2, 0) is 6.42 Å². The fourth-order valence-electron chi connectivity index (χ4n) is 1.22. The molecule has 0 spiro atoms. The third-order valence-corrected chi connectivity index (χ3v) is 2.63. The van der Waals surface area contributed by atoms with E-state index in [2.05, 4.69) is 19.6 Å². The lowest BCUT2D eigenvalue weighted by atomic mass is 10.00. The first-order chi connectivity index (χ1) is 6.15. The van der Waals surface area contributed by atoms with Crippen molar-refractivity contribution in [2.24, 2.45) is 0 Å². The van der Waals surface area contributed by atoms with Gasteiger partial charge in [-0.15, -0.1) is 6.58 Å². The molecule has 0 aromatic heterocycles. The van der Waals surface area contributed by atoms with E-state index in [-0.39, 0.29) is 0 Å². The molecule has 13 heavy (non-hydrogen) atoms. The van der Waals surface area contributed by atoms with Crippen LogP contribution in [-0.4, -0.2) is 0 Å². The summed E-state index contributed by atoms with van der Waals surface area (Å²) in [6.07, 6.45) is 2.77. The van der Waals surface area contributed by atoms with E-state index >= 15 is 0 Å². The van der Waals surface area contributed by atoms with Crippen molar-refractivity contribution in [1.29, 1.82) is 0 Å². The third kappa shape index (κ3) is 2.60. The molecule has 1 radical (unpaired) electrons. The standard InChI is InChI=1S/C12H14Cl/c1-4-9(2)8-11-7-5-6-10(3)12(11)13/h4-7H,1,8H2,2-3H3. The predicted molar refractivity (Wildman–Crippen MR) is 59.0 cm³/mol. The maximum absolute atomic E-state index is 6.15. The monoisotopic (exact) mass is 193 g/mol. The molecule has 0 bridgehead atoms. The van der Waals surface area contributed by atoms with Crippen LogP contribution >= 0.6 is 11.6 Å². The second kappa shape index (κ2) is 4.48. The van der Waals surface area contributed by atoms with Crippen LogP contribution in [0.15, 0.2) is 30.9 Å². The molecule has 1 heteroatoms. The number of allylic oxidation sites excluding steroid dienone is 1. The molecule has 0 aliphatic rings. The fourth-order valence-corrected chi connectivity index (χ4v) is 1.41. The Morgan fingerprint density at radius 1 is 1.54 bits per heavy atom. The molecule has 1 rings (SSSR count). The van der Waals surface area contributed by atoms with Gasteiger partial charge in [0.25, 0.3) is 0 Å². The van der Waals surface area contributed by atoms with Crippen molar-refractivity contribution in [2.75, 3.05) is 0 Å². The van der Waals surface area contributed by atoms with Gasteiger partial charge in [0.05, 0.1) is 0 Å². The largest absolute Gasteiger partial charge is 0.102 e. The summed E-state index contributed by atoms with van der Waals surface area (Å²) in [4.78, 5) is 0. The van der Waals surface area contributed by atoms with Gasteiger partial charge in [-0.25, -0.2) is 0 Å². The lowest BCUT2D eigenvalue weighted by molar-refractivity contribution is 1.02. The number of hydrogen-bond donors (Lipinski definition) is 0.